The van der Waals surface area contributed by atoms with Gasteiger partial charge in [-0.05, 0) is 80.3 Å². The molecule has 6 heteroatoms. The lowest BCUT2D eigenvalue weighted by Gasteiger charge is -2.16. The fourth-order valence-corrected chi connectivity index (χ4v) is 4.80. The summed E-state index contributed by atoms with van der Waals surface area (Å²) in [6.07, 6.45) is 8.62. The number of benzene rings is 1. The van der Waals surface area contributed by atoms with Gasteiger partial charge in [-0.3, -0.25) is 0 Å². The van der Waals surface area contributed by atoms with E-state index < -0.39 is 5.97 Å². The first-order valence-electron chi connectivity index (χ1n) is 9.59. The summed E-state index contributed by atoms with van der Waals surface area (Å²) in [4.78, 5) is 12.5. The van der Waals surface area contributed by atoms with E-state index in [1.165, 1.54) is 16.9 Å². The number of carboxylic acid groups (broad SMARTS) is 1. The van der Waals surface area contributed by atoms with Gasteiger partial charge in [-0.1, -0.05) is 23.3 Å². The van der Waals surface area contributed by atoms with E-state index >= 15 is 0 Å². The first kappa shape index (κ1) is 20.9. The van der Waals surface area contributed by atoms with E-state index in [2.05, 4.69) is 6.08 Å². The lowest BCUT2D eigenvalue weighted by Crippen LogP contribution is -2.07. The van der Waals surface area contributed by atoms with Gasteiger partial charge in [0.2, 0.25) is 0 Å². The third-order valence-electron chi connectivity index (χ3n) is 5.06. The Labute approximate surface area is 174 Å². The van der Waals surface area contributed by atoms with Gasteiger partial charge in [0.05, 0.1) is 13.2 Å². The number of aromatic carboxylic acids is 1. The summed E-state index contributed by atoms with van der Waals surface area (Å²) in [6, 6.07) is 8.95. The molecule has 2 N–H and O–H groups in total. The number of aliphatic hydroxyl groups is 1. The molecule has 0 aliphatic heterocycles. The summed E-state index contributed by atoms with van der Waals surface area (Å²) in [5.41, 5.74) is 2.25. The highest BCUT2D eigenvalue weighted by Gasteiger charge is 2.19. The summed E-state index contributed by atoms with van der Waals surface area (Å²) < 4.78 is 5.86. The normalized spacial score (nSPS) is 16.2. The zero-order valence-corrected chi connectivity index (χ0v) is 17.3. The number of hydrogen-bond donors (Lipinski definition) is 2. The Morgan fingerprint density at radius 2 is 2.11 bits per heavy atom. The summed E-state index contributed by atoms with van der Waals surface area (Å²) >= 11 is 7.42. The molecule has 28 heavy (non-hydrogen) atoms. The fraction of sp³-hybridized carbons (Fsp3) is 0.409. The Morgan fingerprint density at radius 1 is 1.25 bits per heavy atom. The Bertz CT molecular complexity index is 843. The molecule has 1 aromatic carbocycles. The minimum Gasteiger partial charge on any atom is -0.494 e. The van der Waals surface area contributed by atoms with Gasteiger partial charge in [-0.2, -0.15) is 0 Å². The van der Waals surface area contributed by atoms with Crippen LogP contribution in [-0.4, -0.2) is 22.8 Å². The van der Waals surface area contributed by atoms with Gasteiger partial charge in [0.1, 0.15) is 10.6 Å². The maximum absolute atomic E-state index is 11.0. The topological polar surface area (TPSA) is 66.8 Å². The number of allylic oxidation sites excluding steroid dienone is 2. The molecule has 1 aromatic heterocycles. The SMILES string of the molecule is O=C(O)c1ccc(CCCC2=CCC[C@@H]2CCOc2cc(Cl)cc(CO)c2)s1. The number of aliphatic hydroxyl groups excluding tert-OH is 1. The second-order valence-electron chi connectivity index (χ2n) is 7.07. The van der Waals surface area contributed by atoms with Crippen molar-refractivity contribution >= 4 is 28.9 Å². The smallest absolute Gasteiger partial charge is 0.345 e. The molecule has 3 rings (SSSR count). The van der Waals surface area contributed by atoms with Gasteiger partial charge < -0.3 is 14.9 Å². The van der Waals surface area contributed by atoms with Gasteiger partial charge in [0.25, 0.3) is 0 Å². The van der Waals surface area contributed by atoms with Crippen LogP contribution in [0.1, 0.15) is 52.2 Å². The highest BCUT2D eigenvalue weighted by molar-refractivity contribution is 7.13. The van der Waals surface area contributed by atoms with Crippen molar-refractivity contribution < 1.29 is 19.7 Å². The third kappa shape index (κ3) is 5.84. The number of thiophene rings is 1. The zero-order chi connectivity index (χ0) is 19.9. The Morgan fingerprint density at radius 3 is 2.86 bits per heavy atom. The molecule has 0 unspecified atom stereocenters. The minimum atomic E-state index is -0.847. The van der Waals surface area contributed by atoms with Gasteiger partial charge in [-0.25, -0.2) is 4.79 Å². The molecule has 1 heterocycles. The second-order valence-corrected chi connectivity index (χ2v) is 8.67. The molecule has 150 valence electrons. The number of aryl methyl sites for hydroxylation is 1. The van der Waals surface area contributed by atoms with E-state index in [1.54, 1.807) is 18.2 Å². The molecule has 4 nitrogen and oxygen atoms in total. The largest absolute Gasteiger partial charge is 0.494 e. The van der Waals surface area contributed by atoms with Crippen molar-refractivity contribution in [2.24, 2.45) is 5.92 Å². The van der Waals surface area contributed by atoms with Crippen molar-refractivity contribution in [2.75, 3.05) is 6.61 Å². The maximum Gasteiger partial charge on any atom is 0.345 e. The average Bonchev–Trinajstić information content (AvgIpc) is 3.31. The van der Waals surface area contributed by atoms with Crippen LogP contribution in [0.4, 0.5) is 0 Å². The zero-order valence-electron chi connectivity index (χ0n) is 15.7. The van der Waals surface area contributed by atoms with Crippen molar-refractivity contribution in [1.82, 2.24) is 0 Å². The summed E-state index contributed by atoms with van der Waals surface area (Å²) in [5, 5.41) is 18.8. The molecular weight excluding hydrogens is 396 g/mol. The van der Waals surface area contributed by atoms with Crippen LogP contribution in [0.15, 0.2) is 42.0 Å². The molecule has 0 saturated heterocycles. The van der Waals surface area contributed by atoms with Crippen LogP contribution >= 0.6 is 22.9 Å². The van der Waals surface area contributed by atoms with E-state index in [0.29, 0.717) is 28.2 Å². The highest BCUT2D eigenvalue weighted by atomic mass is 35.5. The lowest BCUT2D eigenvalue weighted by atomic mass is 9.94. The Balaban J connectivity index is 1.43. The molecule has 1 aliphatic carbocycles. The highest BCUT2D eigenvalue weighted by Crippen LogP contribution is 2.33. The molecule has 0 bridgehead atoms. The summed E-state index contributed by atoms with van der Waals surface area (Å²) in [6.45, 7) is 0.574. The van der Waals surface area contributed by atoms with Crippen LogP contribution in [0.2, 0.25) is 5.02 Å². The summed E-state index contributed by atoms with van der Waals surface area (Å²) in [5.74, 6) is 0.405. The van der Waals surface area contributed by atoms with Gasteiger partial charge >= 0.3 is 5.97 Å². The van der Waals surface area contributed by atoms with Crippen molar-refractivity contribution in [2.45, 2.75) is 45.1 Å². The van der Waals surface area contributed by atoms with Crippen molar-refractivity contribution in [1.29, 1.82) is 0 Å². The van der Waals surface area contributed by atoms with Crippen LogP contribution in [0, 0.1) is 5.92 Å². The lowest BCUT2D eigenvalue weighted by molar-refractivity contribution is 0.0702. The van der Waals surface area contributed by atoms with E-state index in [9.17, 15) is 9.90 Å². The number of carbonyl (C=O) groups is 1. The minimum absolute atomic E-state index is 0.0510. The molecule has 1 aliphatic rings. The van der Waals surface area contributed by atoms with Crippen LogP contribution in [-0.2, 0) is 13.0 Å². The third-order valence-corrected chi connectivity index (χ3v) is 6.41. The Hall–Kier alpha value is -1.82. The molecule has 0 radical (unpaired) electrons. The molecular formula is C22H25ClO4S. The number of rotatable bonds is 10. The van der Waals surface area contributed by atoms with Crippen LogP contribution in [0.25, 0.3) is 0 Å². The number of halogens is 1. The fourth-order valence-electron chi connectivity index (χ4n) is 3.67. The van der Waals surface area contributed by atoms with Crippen molar-refractivity contribution in [3.8, 4) is 5.75 Å². The van der Waals surface area contributed by atoms with Crippen molar-refractivity contribution in [3.05, 3.63) is 62.3 Å². The van der Waals surface area contributed by atoms with E-state index in [4.69, 9.17) is 21.4 Å². The van der Waals surface area contributed by atoms with Gasteiger partial charge in [-0.15, -0.1) is 11.3 Å². The Kier molecular flexibility index (Phi) is 7.54. The number of carboxylic acids is 1. The van der Waals surface area contributed by atoms with E-state index in [1.807, 2.05) is 12.1 Å². The average molecular weight is 421 g/mol. The molecule has 0 fully saturated rings. The quantitative estimate of drug-likeness (QED) is 0.482. The number of hydrogen-bond acceptors (Lipinski definition) is 4. The molecule has 2 aromatic rings. The second kappa shape index (κ2) is 10.1. The van der Waals surface area contributed by atoms with Crippen LogP contribution < -0.4 is 4.74 Å². The predicted molar refractivity (Wildman–Crippen MR) is 113 cm³/mol. The summed E-state index contributed by atoms with van der Waals surface area (Å²) in [7, 11) is 0. The molecule has 0 amide bonds. The van der Waals surface area contributed by atoms with Crippen LogP contribution in [0.5, 0.6) is 5.75 Å². The maximum atomic E-state index is 11.0. The molecule has 0 saturated carbocycles. The predicted octanol–water partition coefficient (Wildman–Crippen LogP) is 5.72. The first-order chi connectivity index (χ1) is 13.5. The monoisotopic (exact) mass is 420 g/mol. The van der Waals surface area contributed by atoms with Crippen molar-refractivity contribution in [3.63, 3.8) is 0 Å². The first-order valence-corrected chi connectivity index (χ1v) is 10.8. The molecule has 0 spiro atoms. The van der Waals surface area contributed by atoms with E-state index in [-0.39, 0.29) is 6.61 Å². The molecule has 1 atom stereocenters. The van der Waals surface area contributed by atoms with Gasteiger partial charge in [0.15, 0.2) is 0 Å². The van der Waals surface area contributed by atoms with E-state index in [0.717, 1.165) is 49.0 Å². The number of ether oxygens (including phenoxy) is 1. The van der Waals surface area contributed by atoms with Crippen LogP contribution in [0.3, 0.4) is 0 Å². The standard InChI is InChI=1S/C22H25ClO4S/c23-18-11-15(14-24)12-19(13-18)27-10-9-17-4-1-3-16(17)5-2-6-20-7-8-21(28-20)22(25)26/h3,7-8,11-13,17,24H,1-2,4-6,9-10,14H2,(H,25,26)/t17-/m1/s1. The van der Waals surface area contributed by atoms with Gasteiger partial charge in [0, 0.05) is 9.90 Å².